The van der Waals surface area contributed by atoms with Crippen molar-refractivity contribution in [1.29, 1.82) is 0 Å². The van der Waals surface area contributed by atoms with Crippen molar-refractivity contribution in [2.24, 2.45) is 5.41 Å². The van der Waals surface area contributed by atoms with Crippen molar-refractivity contribution in [3.8, 4) is 11.5 Å². The van der Waals surface area contributed by atoms with Gasteiger partial charge in [-0.2, -0.15) is 0 Å². The minimum Gasteiger partial charge on any atom is -0.491 e. The van der Waals surface area contributed by atoms with E-state index in [0.29, 0.717) is 13.0 Å². The van der Waals surface area contributed by atoms with Gasteiger partial charge in [-0.25, -0.2) is 0 Å². The van der Waals surface area contributed by atoms with Crippen molar-refractivity contribution >= 4 is 11.4 Å². The Bertz CT molecular complexity index is 1190. The van der Waals surface area contributed by atoms with Crippen LogP contribution in [0.4, 0.5) is 11.4 Å². The lowest BCUT2D eigenvalue weighted by Crippen LogP contribution is -2.27. The van der Waals surface area contributed by atoms with Gasteiger partial charge < -0.3 is 30.3 Å². The van der Waals surface area contributed by atoms with Crippen LogP contribution in [0.2, 0.25) is 0 Å². The van der Waals surface area contributed by atoms with Crippen LogP contribution in [0.25, 0.3) is 0 Å². The van der Waals surface area contributed by atoms with E-state index >= 15 is 0 Å². The maximum Gasteiger partial charge on any atom is 0.119 e. The zero-order chi connectivity index (χ0) is 30.3. The first kappa shape index (κ1) is 32.3. The van der Waals surface area contributed by atoms with Gasteiger partial charge >= 0.3 is 0 Å². The van der Waals surface area contributed by atoms with Crippen LogP contribution in [-0.4, -0.2) is 47.7 Å². The first-order valence-corrected chi connectivity index (χ1v) is 14.6. The Balaban J connectivity index is 1.47. The van der Waals surface area contributed by atoms with Gasteiger partial charge in [-0.3, -0.25) is 0 Å². The molecule has 4 N–H and O–H groups in total. The fraction of sp³-hybridized carbons (Fsp3) is 0.486. The van der Waals surface area contributed by atoms with Crippen molar-refractivity contribution in [2.75, 3.05) is 30.4 Å². The molecule has 0 saturated heterocycles. The largest absolute Gasteiger partial charge is 0.491 e. The zero-order valence-corrected chi connectivity index (χ0v) is 26.1. The Labute approximate surface area is 247 Å². The number of ether oxygens (including phenoxy) is 2. The Morgan fingerprint density at radius 1 is 0.610 bits per heavy atom. The molecular formula is C35H50N2O4. The summed E-state index contributed by atoms with van der Waals surface area (Å²) in [5, 5.41) is 27.4. The fourth-order valence-electron chi connectivity index (χ4n) is 4.65. The van der Waals surface area contributed by atoms with Gasteiger partial charge in [0.2, 0.25) is 0 Å². The lowest BCUT2D eigenvalue weighted by molar-refractivity contribution is 0.0710. The van der Waals surface area contributed by atoms with Crippen LogP contribution in [0, 0.1) is 5.41 Å². The standard InChI is InChI=1S/C35H50N2O4/c1-33(2,3)21-29(38)23-40-31-17-9-25(10-18-31)35(7,8)26-11-19-32(20-12-26)41-24-30(39)22-36-27-13-15-28(16-14-27)37-34(4,5)6/h9-20,29-30,36-39H,21-24H2,1-8H3. The molecule has 3 aromatic carbocycles. The summed E-state index contributed by atoms with van der Waals surface area (Å²) < 4.78 is 11.7. The molecule has 0 amide bonds. The second-order valence-corrected chi connectivity index (χ2v) is 13.7. The number of benzene rings is 3. The summed E-state index contributed by atoms with van der Waals surface area (Å²) in [6, 6.07) is 24.2. The van der Waals surface area contributed by atoms with Crippen LogP contribution in [0.3, 0.4) is 0 Å². The van der Waals surface area contributed by atoms with Crippen molar-refractivity contribution < 1.29 is 19.7 Å². The molecule has 6 nitrogen and oxygen atoms in total. The summed E-state index contributed by atoms with van der Waals surface area (Å²) in [4.78, 5) is 0. The minimum atomic E-state index is -0.645. The van der Waals surface area contributed by atoms with Crippen LogP contribution < -0.4 is 20.1 Å². The van der Waals surface area contributed by atoms with Gasteiger partial charge in [0.25, 0.3) is 0 Å². The van der Waals surface area contributed by atoms with E-state index in [4.69, 9.17) is 9.47 Å². The molecule has 224 valence electrons. The predicted octanol–water partition coefficient (Wildman–Crippen LogP) is 7.25. The maximum absolute atomic E-state index is 10.4. The van der Waals surface area contributed by atoms with Crippen molar-refractivity contribution in [3.63, 3.8) is 0 Å². The smallest absolute Gasteiger partial charge is 0.119 e. The number of rotatable bonds is 13. The molecule has 3 rings (SSSR count). The third kappa shape index (κ3) is 10.9. The van der Waals surface area contributed by atoms with Crippen molar-refractivity contribution in [3.05, 3.63) is 83.9 Å². The molecular weight excluding hydrogens is 512 g/mol. The molecule has 0 spiro atoms. The summed E-state index contributed by atoms with van der Waals surface area (Å²) in [6.07, 6.45) is -0.440. The first-order chi connectivity index (χ1) is 19.1. The van der Waals surface area contributed by atoms with Gasteiger partial charge in [0.1, 0.15) is 30.8 Å². The molecule has 0 bridgehead atoms. The number of aliphatic hydroxyl groups is 2. The van der Waals surface area contributed by atoms with Crippen LogP contribution in [0.15, 0.2) is 72.8 Å². The molecule has 0 fully saturated rings. The van der Waals surface area contributed by atoms with E-state index in [1.807, 2.05) is 48.5 Å². The number of hydrogen-bond acceptors (Lipinski definition) is 6. The second-order valence-electron chi connectivity index (χ2n) is 13.7. The molecule has 2 unspecified atom stereocenters. The predicted molar refractivity (Wildman–Crippen MR) is 170 cm³/mol. The minimum absolute atomic E-state index is 0.00882. The second kappa shape index (κ2) is 13.6. The third-order valence-corrected chi connectivity index (χ3v) is 6.83. The van der Waals surface area contributed by atoms with Crippen LogP contribution in [0.1, 0.15) is 72.9 Å². The molecule has 2 atom stereocenters. The van der Waals surface area contributed by atoms with E-state index in [-0.39, 0.29) is 29.6 Å². The normalized spacial score (nSPS) is 13.8. The topological polar surface area (TPSA) is 83.0 Å². The van der Waals surface area contributed by atoms with Gasteiger partial charge in [-0.1, -0.05) is 58.9 Å². The average molecular weight is 563 g/mol. The lowest BCUT2D eigenvalue weighted by Gasteiger charge is -2.27. The third-order valence-electron chi connectivity index (χ3n) is 6.83. The highest BCUT2D eigenvalue weighted by atomic mass is 16.5. The number of nitrogens with one attached hydrogen (secondary N) is 2. The van der Waals surface area contributed by atoms with E-state index in [1.165, 1.54) is 0 Å². The number of anilines is 2. The van der Waals surface area contributed by atoms with Gasteiger partial charge in [-0.05, 0) is 92.3 Å². The van der Waals surface area contributed by atoms with E-state index in [2.05, 4.69) is 90.3 Å². The molecule has 0 aliphatic heterocycles. The maximum atomic E-state index is 10.4. The summed E-state index contributed by atoms with van der Waals surface area (Å²) in [5.74, 6) is 1.47. The van der Waals surface area contributed by atoms with Crippen molar-refractivity contribution in [2.45, 2.75) is 85.0 Å². The van der Waals surface area contributed by atoms with Crippen molar-refractivity contribution in [1.82, 2.24) is 0 Å². The van der Waals surface area contributed by atoms with E-state index in [1.54, 1.807) is 0 Å². The number of aliphatic hydroxyl groups excluding tert-OH is 2. The van der Waals surface area contributed by atoms with Crippen LogP contribution >= 0.6 is 0 Å². The van der Waals surface area contributed by atoms with E-state index < -0.39 is 12.2 Å². The average Bonchev–Trinajstić information content (AvgIpc) is 2.89. The summed E-state index contributed by atoms with van der Waals surface area (Å²) in [5.41, 5.74) is 4.19. The molecule has 0 heterocycles. The van der Waals surface area contributed by atoms with Gasteiger partial charge in [-0.15, -0.1) is 0 Å². The Morgan fingerprint density at radius 2 is 1.05 bits per heavy atom. The van der Waals surface area contributed by atoms with Crippen LogP contribution in [-0.2, 0) is 5.41 Å². The summed E-state index contributed by atoms with van der Waals surface area (Å²) in [7, 11) is 0. The Hall–Kier alpha value is -3.22. The summed E-state index contributed by atoms with van der Waals surface area (Å²) in [6.45, 7) is 18.0. The van der Waals surface area contributed by atoms with Gasteiger partial charge in [0.15, 0.2) is 0 Å². The zero-order valence-electron chi connectivity index (χ0n) is 26.1. The van der Waals surface area contributed by atoms with E-state index in [9.17, 15) is 10.2 Å². The van der Waals surface area contributed by atoms with Gasteiger partial charge in [0.05, 0.1) is 6.10 Å². The highest BCUT2D eigenvalue weighted by Crippen LogP contribution is 2.33. The SMILES string of the molecule is CC(C)(C)CC(O)COc1ccc(C(C)(C)c2ccc(OCC(O)CNc3ccc(NC(C)(C)C)cc3)cc2)cc1. The quantitative estimate of drug-likeness (QED) is 0.176. The lowest BCUT2D eigenvalue weighted by atomic mass is 9.78. The molecule has 6 heteroatoms. The molecule has 0 aromatic heterocycles. The fourth-order valence-corrected chi connectivity index (χ4v) is 4.65. The van der Waals surface area contributed by atoms with E-state index in [0.717, 1.165) is 34.0 Å². The molecule has 0 saturated carbocycles. The molecule has 0 aliphatic rings. The highest BCUT2D eigenvalue weighted by molar-refractivity contribution is 5.54. The molecule has 3 aromatic rings. The first-order valence-electron chi connectivity index (χ1n) is 14.6. The highest BCUT2D eigenvalue weighted by Gasteiger charge is 2.23. The Morgan fingerprint density at radius 3 is 1.49 bits per heavy atom. The summed E-state index contributed by atoms with van der Waals surface area (Å²) >= 11 is 0. The monoisotopic (exact) mass is 562 g/mol. The Kier molecular flexibility index (Phi) is 10.7. The number of hydrogen-bond donors (Lipinski definition) is 4. The van der Waals surface area contributed by atoms with Gasteiger partial charge in [0, 0.05) is 28.9 Å². The molecule has 0 radical (unpaired) electrons. The molecule has 0 aliphatic carbocycles. The van der Waals surface area contributed by atoms with Crippen LogP contribution in [0.5, 0.6) is 11.5 Å². The molecule has 41 heavy (non-hydrogen) atoms.